The Morgan fingerprint density at radius 2 is 2.04 bits per heavy atom. The van der Waals surface area contributed by atoms with Crippen LogP contribution in [0.4, 0.5) is 0 Å². The van der Waals surface area contributed by atoms with E-state index in [0.717, 1.165) is 37.2 Å². The van der Waals surface area contributed by atoms with E-state index in [4.69, 9.17) is 17.5 Å². The first-order valence-corrected chi connectivity index (χ1v) is 8.84. The van der Waals surface area contributed by atoms with Crippen LogP contribution in [0.3, 0.4) is 0 Å². The SMILES string of the molecule is [B]N1CCC(c2cccc(OCc3ccc(C(C)=O)c(OC)c3)n2)CC1. The van der Waals surface area contributed by atoms with Crippen LogP contribution in [-0.4, -0.2) is 43.8 Å². The Labute approximate surface area is 155 Å². The molecule has 1 aliphatic rings. The fourth-order valence-corrected chi connectivity index (χ4v) is 3.21. The largest absolute Gasteiger partial charge is 0.496 e. The van der Waals surface area contributed by atoms with Crippen LogP contribution < -0.4 is 9.47 Å². The maximum Gasteiger partial charge on any atom is 0.213 e. The molecule has 0 spiro atoms. The van der Waals surface area contributed by atoms with Crippen molar-refractivity contribution in [3.05, 3.63) is 53.2 Å². The maximum absolute atomic E-state index is 11.6. The number of carbonyl (C=O) groups is 1. The van der Waals surface area contributed by atoms with Crippen molar-refractivity contribution in [1.29, 1.82) is 0 Å². The lowest BCUT2D eigenvalue weighted by molar-refractivity contribution is 0.101. The zero-order valence-electron chi connectivity index (χ0n) is 15.3. The molecule has 2 aromatic rings. The van der Waals surface area contributed by atoms with Crippen LogP contribution in [0.2, 0.25) is 0 Å². The molecule has 2 heterocycles. The monoisotopic (exact) mass is 350 g/mol. The van der Waals surface area contributed by atoms with Gasteiger partial charge in [-0.1, -0.05) is 12.1 Å². The van der Waals surface area contributed by atoms with Crippen LogP contribution >= 0.6 is 0 Å². The number of methoxy groups -OCH3 is 1. The second kappa shape index (κ2) is 8.36. The predicted octanol–water partition coefficient (Wildman–Crippen LogP) is 3.13. The Bertz CT molecular complexity index is 773. The summed E-state index contributed by atoms with van der Waals surface area (Å²) in [5.41, 5.74) is 2.55. The normalized spacial score (nSPS) is 15.6. The van der Waals surface area contributed by atoms with E-state index in [1.807, 2.05) is 35.1 Å². The standard InChI is InChI=1S/C20H23BN2O3/c1-14(24)17-7-6-15(12-19(17)25-2)13-26-20-5-3-4-18(22-20)16-8-10-23(21)11-9-16/h3-7,12,16H,8-11,13H2,1-2H3. The number of aromatic nitrogens is 1. The van der Waals surface area contributed by atoms with Crippen molar-refractivity contribution in [2.24, 2.45) is 0 Å². The minimum atomic E-state index is -0.0211. The molecule has 134 valence electrons. The van der Waals surface area contributed by atoms with Crippen molar-refractivity contribution < 1.29 is 14.3 Å². The fraction of sp³-hybridized carbons (Fsp3) is 0.400. The van der Waals surface area contributed by atoms with Gasteiger partial charge < -0.3 is 14.3 Å². The van der Waals surface area contributed by atoms with Gasteiger partial charge >= 0.3 is 0 Å². The molecule has 1 aliphatic heterocycles. The van der Waals surface area contributed by atoms with Gasteiger partial charge in [0.1, 0.15) is 12.4 Å². The number of hydrogen-bond acceptors (Lipinski definition) is 5. The third-order valence-corrected chi connectivity index (χ3v) is 4.72. The zero-order valence-corrected chi connectivity index (χ0v) is 15.3. The number of carbonyl (C=O) groups excluding carboxylic acids is 1. The number of pyridine rings is 1. The maximum atomic E-state index is 11.6. The van der Waals surface area contributed by atoms with E-state index >= 15 is 0 Å². The van der Waals surface area contributed by atoms with E-state index in [1.165, 1.54) is 6.92 Å². The van der Waals surface area contributed by atoms with Gasteiger partial charge in [0.25, 0.3) is 0 Å². The molecule has 2 radical (unpaired) electrons. The molecule has 1 saturated heterocycles. The number of rotatable bonds is 6. The lowest BCUT2D eigenvalue weighted by Gasteiger charge is -2.29. The van der Waals surface area contributed by atoms with Gasteiger partial charge in [-0.05, 0) is 56.6 Å². The molecule has 6 heteroatoms. The molecule has 0 N–H and O–H groups in total. The van der Waals surface area contributed by atoms with Crippen molar-refractivity contribution in [3.8, 4) is 11.6 Å². The third kappa shape index (κ3) is 4.44. The molecular formula is C20H23BN2O3. The van der Waals surface area contributed by atoms with Crippen LogP contribution in [0.5, 0.6) is 11.6 Å². The smallest absolute Gasteiger partial charge is 0.213 e. The van der Waals surface area contributed by atoms with Gasteiger partial charge in [-0.3, -0.25) is 4.79 Å². The van der Waals surface area contributed by atoms with Crippen LogP contribution in [0.1, 0.15) is 47.3 Å². The Hall–Kier alpha value is -2.34. The highest BCUT2D eigenvalue weighted by Crippen LogP contribution is 2.27. The van der Waals surface area contributed by atoms with Gasteiger partial charge in [-0.2, -0.15) is 0 Å². The number of ether oxygens (including phenoxy) is 2. The van der Waals surface area contributed by atoms with Crippen molar-refractivity contribution in [2.45, 2.75) is 32.3 Å². The van der Waals surface area contributed by atoms with Crippen molar-refractivity contribution in [3.63, 3.8) is 0 Å². The van der Waals surface area contributed by atoms with Gasteiger partial charge in [0, 0.05) is 17.7 Å². The van der Waals surface area contributed by atoms with Gasteiger partial charge in [-0.25, -0.2) is 4.98 Å². The number of piperidine rings is 1. The van der Waals surface area contributed by atoms with E-state index in [9.17, 15) is 4.79 Å². The summed E-state index contributed by atoms with van der Waals surface area (Å²) < 4.78 is 11.2. The van der Waals surface area contributed by atoms with Gasteiger partial charge in [0.15, 0.2) is 13.8 Å². The molecule has 0 bridgehead atoms. The molecule has 1 fully saturated rings. The summed E-state index contributed by atoms with van der Waals surface area (Å²) in [6.45, 7) is 3.67. The van der Waals surface area contributed by atoms with Crippen LogP contribution in [0.25, 0.3) is 0 Å². The minimum Gasteiger partial charge on any atom is -0.496 e. The average molecular weight is 350 g/mol. The van der Waals surface area contributed by atoms with E-state index < -0.39 is 0 Å². The highest BCUT2D eigenvalue weighted by Gasteiger charge is 2.19. The second-order valence-electron chi connectivity index (χ2n) is 6.59. The number of hydrogen-bond donors (Lipinski definition) is 0. The molecule has 1 aromatic heterocycles. The van der Waals surface area contributed by atoms with E-state index in [2.05, 4.69) is 4.98 Å². The minimum absolute atomic E-state index is 0.0211. The van der Waals surface area contributed by atoms with Gasteiger partial charge in [0.2, 0.25) is 5.88 Å². The molecule has 1 aromatic carbocycles. The summed E-state index contributed by atoms with van der Waals surface area (Å²) in [5, 5.41) is 0. The first-order valence-electron chi connectivity index (χ1n) is 8.84. The van der Waals surface area contributed by atoms with Gasteiger partial charge in [0.05, 0.1) is 12.7 Å². The molecule has 26 heavy (non-hydrogen) atoms. The Morgan fingerprint density at radius 3 is 2.73 bits per heavy atom. The Kier molecular flexibility index (Phi) is 5.94. The fourth-order valence-electron chi connectivity index (χ4n) is 3.21. The molecule has 5 nitrogen and oxygen atoms in total. The van der Waals surface area contributed by atoms with Crippen molar-refractivity contribution in [2.75, 3.05) is 20.2 Å². The summed E-state index contributed by atoms with van der Waals surface area (Å²) in [5.74, 6) is 1.57. The summed E-state index contributed by atoms with van der Waals surface area (Å²) in [6, 6.07) is 11.4. The zero-order chi connectivity index (χ0) is 18.5. The highest BCUT2D eigenvalue weighted by molar-refractivity contribution is 6.04. The quantitative estimate of drug-likeness (QED) is 0.592. The first-order chi connectivity index (χ1) is 12.6. The van der Waals surface area contributed by atoms with Crippen molar-refractivity contribution in [1.82, 2.24) is 9.79 Å². The lowest BCUT2D eigenvalue weighted by atomic mass is 9.92. The van der Waals surface area contributed by atoms with Crippen LogP contribution in [0.15, 0.2) is 36.4 Å². The van der Waals surface area contributed by atoms with Crippen molar-refractivity contribution >= 4 is 13.8 Å². The molecule has 0 saturated carbocycles. The topological polar surface area (TPSA) is 51.7 Å². The van der Waals surface area contributed by atoms with Gasteiger partial charge in [-0.15, -0.1) is 0 Å². The summed E-state index contributed by atoms with van der Waals surface area (Å²) in [6.07, 6.45) is 2.02. The number of ketones is 1. The summed E-state index contributed by atoms with van der Waals surface area (Å²) in [4.78, 5) is 18.1. The second-order valence-corrected chi connectivity index (χ2v) is 6.59. The van der Waals surface area contributed by atoms with Crippen LogP contribution in [-0.2, 0) is 6.61 Å². The highest BCUT2D eigenvalue weighted by atomic mass is 16.5. The number of benzene rings is 1. The molecule has 0 aliphatic carbocycles. The predicted molar refractivity (Wildman–Crippen MR) is 101 cm³/mol. The molecule has 0 unspecified atom stereocenters. The lowest BCUT2D eigenvalue weighted by Crippen LogP contribution is -2.30. The van der Waals surface area contributed by atoms with E-state index in [0.29, 0.717) is 29.7 Å². The third-order valence-electron chi connectivity index (χ3n) is 4.72. The number of nitrogens with zero attached hydrogens (tertiary/aromatic N) is 2. The Balaban J connectivity index is 1.66. The summed E-state index contributed by atoms with van der Waals surface area (Å²) in [7, 11) is 7.39. The Morgan fingerprint density at radius 1 is 1.27 bits per heavy atom. The number of Topliss-reactive ketones (excluding diaryl/α,β-unsaturated/α-hetero) is 1. The molecule has 0 atom stereocenters. The average Bonchev–Trinajstić information content (AvgIpc) is 2.66. The summed E-state index contributed by atoms with van der Waals surface area (Å²) >= 11 is 0. The van der Waals surface area contributed by atoms with E-state index in [1.54, 1.807) is 13.2 Å². The molecular weight excluding hydrogens is 327 g/mol. The first kappa shape index (κ1) is 18.5. The van der Waals surface area contributed by atoms with Crippen LogP contribution in [0, 0.1) is 0 Å². The molecule has 0 amide bonds. The van der Waals surface area contributed by atoms with E-state index in [-0.39, 0.29) is 5.78 Å². The molecule has 3 rings (SSSR count).